The number of carbonyl (C=O) groups excluding carboxylic acids is 1. The number of hydrogen-bond donors (Lipinski definition) is 3. The Morgan fingerprint density at radius 2 is 2.20 bits per heavy atom. The average molecular weight is 143 g/mol. The Hall–Kier alpha value is -1.63. The molecule has 0 saturated carbocycles. The maximum atomic E-state index is 9.85. The number of amides is 1. The van der Waals surface area contributed by atoms with Crippen molar-refractivity contribution in [2.45, 2.75) is 0 Å². The third-order valence-corrected chi connectivity index (χ3v) is 0.821. The molecule has 1 aromatic heterocycles. The lowest BCUT2D eigenvalue weighted by molar-refractivity contribution is -0.105. The monoisotopic (exact) mass is 143 g/mol. The molecule has 1 heterocycles. The van der Waals surface area contributed by atoms with Gasteiger partial charge in [0.15, 0.2) is 0 Å². The summed E-state index contributed by atoms with van der Waals surface area (Å²) in [5.74, 6) is 5.31. The van der Waals surface area contributed by atoms with Gasteiger partial charge in [-0.3, -0.25) is 4.79 Å². The SMILES string of the molecule is NNc1nonc1NC=O. The zero-order valence-electron chi connectivity index (χ0n) is 4.87. The summed E-state index contributed by atoms with van der Waals surface area (Å²) >= 11 is 0. The van der Waals surface area contributed by atoms with Crippen LogP contribution in [0.5, 0.6) is 0 Å². The molecule has 0 bridgehead atoms. The lowest BCUT2D eigenvalue weighted by atomic mass is 10.6. The van der Waals surface area contributed by atoms with Crippen LogP contribution in [0.15, 0.2) is 4.63 Å². The number of nitrogens with one attached hydrogen (secondary N) is 2. The van der Waals surface area contributed by atoms with Gasteiger partial charge in [0.05, 0.1) is 0 Å². The molecule has 4 N–H and O–H groups in total. The Kier molecular flexibility index (Phi) is 1.80. The van der Waals surface area contributed by atoms with E-state index in [1.807, 2.05) is 0 Å². The second-order valence-electron chi connectivity index (χ2n) is 1.37. The van der Waals surface area contributed by atoms with Crippen LogP contribution >= 0.6 is 0 Å². The third kappa shape index (κ3) is 1.03. The van der Waals surface area contributed by atoms with Crippen LogP contribution in [0.4, 0.5) is 11.6 Å². The number of nitrogens with two attached hydrogens (primary N) is 1. The molecule has 54 valence electrons. The van der Waals surface area contributed by atoms with Crippen LogP contribution in [-0.4, -0.2) is 16.7 Å². The summed E-state index contributed by atoms with van der Waals surface area (Å²) in [6.07, 6.45) is 0.445. The zero-order chi connectivity index (χ0) is 7.40. The minimum absolute atomic E-state index is 0.164. The molecular weight excluding hydrogens is 138 g/mol. The van der Waals surface area contributed by atoms with Gasteiger partial charge in [-0.05, 0) is 10.3 Å². The van der Waals surface area contributed by atoms with Crippen molar-refractivity contribution in [1.29, 1.82) is 0 Å². The normalized spacial score (nSPS) is 8.90. The topological polar surface area (TPSA) is 106 Å². The number of hydrogen-bond acceptors (Lipinski definition) is 6. The summed E-state index contributed by atoms with van der Waals surface area (Å²) in [5.41, 5.74) is 2.17. The van der Waals surface area contributed by atoms with Crippen molar-refractivity contribution < 1.29 is 9.42 Å². The fourth-order valence-corrected chi connectivity index (χ4v) is 0.434. The van der Waals surface area contributed by atoms with Crippen molar-refractivity contribution in [3.8, 4) is 0 Å². The van der Waals surface area contributed by atoms with Gasteiger partial charge in [0.1, 0.15) is 0 Å². The van der Waals surface area contributed by atoms with Crippen LogP contribution in [0.1, 0.15) is 0 Å². The maximum Gasteiger partial charge on any atom is 0.229 e. The first kappa shape index (κ1) is 6.49. The molecule has 0 aliphatic heterocycles. The van der Waals surface area contributed by atoms with Crippen LogP contribution in [0.3, 0.4) is 0 Å². The molecule has 1 rings (SSSR count). The molecule has 0 radical (unpaired) electrons. The number of anilines is 2. The van der Waals surface area contributed by atoms with Crippen molar-refractivity contribution in [3.63, 3.8) is 0 Å². The van der Waals surface area contributed by atoms with Crippen molar-refractivity contribution in [2.24, 2.45) is 5.84 Å². The van der Waals surface area contributed by atoms with Crippen LogP contribution in [-0.2, 0) is 4.79 Å². The van der Waals surface area contributed by atoms with E-state index in [0.717, 1.165) is 0 Å². The van der Waals surface area contributed by atoms with Crippen molar-refractivity contribution in [3.05, 3.63) is 0 Å². The van der Waals surface area contributed by atoms with E-state index in [2.05, 4.69) is 25.7 Å². The summed E-state index contributed by atoms with van der Waals surface area (Å²) in [6.45, 7) is 0. The molecule has 0 atom stereocenters. The second kappa shape index (κ2) is 2.78. The molecule has 0 unspecified atom stereocenters. The first-order valence-corrected chi connectivity index (χ1v) is 2.38. The first-order chi connectivity index (χ1) is 4.88. The molecule has 0 fully saturated rings. The summed E-state index contributed by atoms with van der Waals surface area (Å²) in [7, 11) is 0. The number of nitrogens with zero attached hydrogens (tertiary/aromatic N) is 2. The van der Waals surface area contributed by atoms with Gasteiger partial charge in [-0.2, -0.15) is 0 Å². The van der Waals surface area contributed by atoms with E-state index in [1.165, 1.54) is 0 Å². The van der Waals surface area contributed by atoms with Crippen LogP contribution in [0.2, 0.25) is 0 Å². The van der Waals surface area contributed by atoms with E-state index in [1.54, 1.807) is 0 Å². The number of aromatic nitrogens is 2. The number of nitrogen functional groups attached to an aromatic ring is 1. The van der Waals surface area contributed by atoms with Crippen LogP contribution < -0.4 is 16.6 Å². The third-order valence-electron chi connectivity index (χ3n) is 0.821. The molecule has 0 aromatic carbocycles. The molecule has 1 aromatic rings. The summed E-state index contributed by atoms with van der Waals surface area (Å²) < 4.78 is 4.23. The average Bonchev–Trinajstić information content (AvgIpc) is 2.36. The van der Waals surface area contributed by atoms with E-state index in [9.17, 15) is 4.79 Å². The quantitative estimate of drug-likeness (QED) is 0.282. The smallest absolute Gasteiger partial charge is 0.229 e. The van der Waals surface area contributed by atoms with Crippen LogP contribution in [0.25, 0.3) is 0 Å². The Balaban J connectivity index is 2.79. The molecule has 7 nitrogen and oxygen atoms in total. The zero-order valence-corrected chi connectivity index (χ0v) is 4.87. The van der Waals surface area contributed by atoms with Gasteiger partial charge in [0.25, 0.3) is 0 Å². The van der Waals surface area contributed by atoms with E-state index < -0.39 is 0 Å². The van der Waals surface area contributed by atoms with E-state index >= 15 is 0 Å². The van der Waals surface area contributed by atoms with Crippen LogP contribution in [0, 0.1) is 0 Å². The Morgan fingerprint density at radius 1 is 1.50 bits per heavy atom. The number of hydrazine groups is 1. The fourth-order valence-electron chi connectivity index (χ4n) is 0.434. The molecule has 0 aliphatic rings. The highest BCUT2D eigenvalue weighted by molar-refractivity contribution is 5.74. The van der Waals surface area contributed by atoms with Gasteiger partial charge in [-0.1, -0.05) is 0 Å². The van der Waals surface area contributed by atoms with E-state index in [0.29, 0.717) is 6.41 Å². The molecule has 0 saturated heterocycles. The highest BCUT2D eigenvalue weighted by Gasteiger charge is 2.05. The number of rotatable bonds is 3. The fraction of sp³-hybridized carbons (Fsp3) is 0. The lowest BCUT2D eigenvalue weighted by Gasteiger charge is -1.91. The van der Waals surface area contributed by atoms with Crippen molar-refractivity contribution in [2.75, 3.05) is 10.7 Å². The van der Waals surface area contributed by atoms with Gasteiger partial charge in [0, 0.05) is 0 Å². The predicted octanol–water partition coefficient (Wildman–Crippen LogP) is -1.08. The predicted molar refractivity (Wildman–Crippen MR) is 31.8 cm³/mol. The summed E-state index contributed by atoms with van der Waals surface area (Å²) in [4.78, 5) is 9.85. The highest BCUT2D eigenvalue weighted by Crippen LogP contribution is 2.11. The molecule has 7 heteroatoms. The number of carbonyl (C=O) groups is 1. The molecule has 0 aliphatic carbocycles. The highest BCUT2D eigenvalue weighted by atomic mass is 16.6. The molecule has 0 spiro atoms. The minimum atomic E-state index is 0.164. The second-order valence-corrected chi connectivity index (χ2v) is 1.37. The molecule has 1 amide bonds. The Bertz CT molecular complexity index is 220. The van der Waals surface area contributed by atoms with Gasteiger partial charge in [0.2, 0.25) is 18.0 Å². The maximum absolute atomic E-state index is 9.85. The van der Waals surface area contributed by atoms with Gasteiger partial charge in [-0.15, -0.1) is 0 Å². The largest absolute Gasteiger partial charge is 0.307 e. The van der Waals surface area contributed by atoms with Crippen molar-refractivity contribution in [1.82, 2.24) is 10.3 Å². The standard InChI is InChI=1S/C3H5N5O2/c4-6-3-2(5-1-9)7-10-8-3/h1H,4H2,(H,6,8)(H,5,7,9). The minimum Gasteiger partial charge on any atom is -0.307 e. The summed E-state index contributed by atoms with van der Waals surface area (Å²) in [6, 6.07) is 0. The molecule has 10 heavy (non-hydrogen) atoms. The van der Waals surface area contributed by atoms with Crippen molar-refractivity contribution >= 4 is 18.0 Å². The molecular formula is C3H5N5O2. The summed E-state index contributed by atoms with van der Waals surface area (Å²) in [5, 5.41) is 8.83. The van der Waals surface area contributed by atoms with Gasteiger partial charge < -0.3 is 10.7 Å². The van der Waals surface area contributed by atoms with Gasteiger partial charge in [-0.25, -0.2) is 10.5 Å². The Labute approximate surface area is 55.5 Å². The first-order valence-electron chi connectivity index (χ1n) is 2.38. The van der Waals surface area contributed by atoms with Gasteiger partial charge >= 0.3 is 0 Å². The van der Waals surface area contributed by atoms with E-state index in [4.69, 9.17) is 5.84 Å². The Morgan fingerprint density at radius 3 is 2.80 bits per heavy atom. The lowest BCUT2D eigenvalue weighted by Crippen LogP contribution is -2.09. The van der Waals surface area contributed by atoms with E-state index in [-0.39, 0.29) is 11.6 Å².